The molecule has 2 atom stereocenters. The van der Waals surface area contributed by atoms with Crippen molar-refractivity contribution in [2.45, 2.75) is 44.8 Å². The van der Waals surface area contributed by atoms with E-state index in [2.05, 4.69) is 11.8 Å². The maximum absolute atomic E-state index is 13.7. The molecule has 0 saturated carbocycles. The van der Waals surface area contributed by atoms with E-state index in [1.54, 1.807) is 0 Å². The number of nitrogens with two attached hydrogens (primary N) is 1. The second kappa shape index (κ2) is 5.92. The van der Waals surface area contributed by atoms with Gasteiger partial charge in [-0.25, -0.2) is 13.2 Å². The topological polar surface area (TPSA) is 29.3 Å². The molecule has 0 aliphatic carbocycles. The molecular weight excluding hydrogens is 253 g/mol. The van der Waals surface area contributed by atoms with Crippen LogP contribution in [0.4, 0.5) is 13.2 Å². The Hall–Kier alpha value is -1.07. The molecule has 1 aliphatic heterocycles. The molecule has 1 aromatic carbocycles. The number of likely N-dealkylation sites (tertiary alicyclic amines) is 1. The molecule has 1 fully saturated rings. The van der Waals surface area contributed by atoms with Crippen LogP contribution in [0.3, 0.4) is 0 Å². The van der Waals surface area contributed by atoms with Gasteiger partial charge in [0.2, 0.25) is 0 Å². The second-order valence-electron chi connectivity index (χ2n) is 5.20. The highest BCUT2D eigenvalue weighted by molar-refractivity contribution is 5.20. The zero-order valence-corrected chi connectivity index (χ0v) is 11.0. The van der Waals surface area contributed by atoms with E-state index in [0.29, 0.717) is 12.6 Å². The molecule has 0 aromatic heterocycles. The summed E-state index contributed by atoms with van der Waals surface area (Å²) >= 11 is 0. The number of nitrogens with zero attached hydrogens (tertiary/aromatic N) is 1. The van der Waals surface area contributed by atoms with E-state index in [9.17, 15) is 13.2 Å². The van der Waals surface area contributed by atoms with Crippen LogP contribution in [-0.4, -0.2) is 23.5 Å². The lowest BCUT2D eigenvalue weighted by Crippen LogP contribution is -2.48. The number of piperidine rings is 1. The molecular formula is C14H19F3N2. The van der Waals surface area contributed by atoms with Crippen molar-refractivity contribution >= 4 is 0 Å². The number of rotatable bonds is 3. The van der Waals surface area contributed by atoms with Crippen LogP contribution in [0.25, 0.3) is 0 Å². The zero-order chi connectivity index (χ0) is 14.0. The van der Waals surface area contributed by atoms with Crippen molar-refractivity contribution in [3.63, 3.8) is 0 Å². The Bertz CT molecular complexity index is 451. The van der Waals surface area contributed by atoms with Crippen LogP contribution in [0.1, 0.15) is 31.7 Å². The van der Waals surface area contributed by atoms with Crippen LogP contribution in [0, 0.1) is 17.5 Å². The van der Waals surface area contributed by atoms with Crippen molar-refractivity contribution in [2.24, 2.45) is 5.73 Å². The van der Waals surface area contributed by atoms with Crippen LogP contribution in [-0.2, 0) is 6.54 Å². The van der Waals surface area contributed by atoms with Gasteiger partial charge in [-0.1, -0.05) is 6.42 Å². The van der Waals surface area contributed by atoms with Gasteiger partial charge >= 0.3 is 0 Å². The van der Waals surface area contributed by atoms with E-state index in [4.69, 9.17) is 5.73 Å². The highest BCUT2D eigenvalue weighted by Gasteiger charge is 2.27. The molecule has 1 aromatic rings. The Morgan fingerprint density at radius 3 is 2.53 bits per heavy atom. The van der Waals surface area contributed by atoms with Crippen LogP contribution >= 0.6 is 0 Å². The Morgan fingerprint density at radius 2 is 1.84 bits per heavy atom. The van der Waals surface area contributed by atoms with Crippen LogP contribution in [0.5, 0.6) is 0 Å². The Morgan fingerprint density at radius 1 is 1.16 bits per heavy atom. The number of benzene rings is 1. The van der Waals surface area contributed by atoms with Gasteiger partial charge in [-0.15, -0.1) is 0 Å². The monoisotopic (exact) mass is 272 g/mol. The molecule has 5 heteroatoms. The summed E-state index contributed by atoms with van der Waals surface area (Å²) in [5.41, 5.74) is 5.92. The summed E-state index contributed by atoms with van der Waals surface area (Å²) in [6, 6.07) is 2.00. The average molecular weight is 272 g/mol. The summed E-state index contributed by atoms with van der Waals surface area (Å²) in [7, 11) is 0. The fourth-order valence-electron chi connectivity index (χ4n) is 2.76. The van der Waals surface area contributed by atoms with Crippen LogP contribution < -0.4 is 5.73 Å². The van der Waals surface area contributed by atoms with Gasteiger partial charge in [0.25, 0.3) is 0 Å². The highest BCUT2D eigenvalue weighted by Crippen LogP contribution is 2.25. The standard InChI is InChI=1S/C14H19F3N2/c1-9-3-2-4-11(7-18)19(9)8-10-5-13(16)14(17)6-12(10)15/h5-6,9,11H,2-4,7-8,18H2,1H3. The van der Waals surface area contributed by atoms with Crippen molar-refractivity contribution in [2.75, 3.05) is 6.54 Å². The van der Waals surface area contributed by atoms with Gasteiger partial charge in [0.05, 0.1) is 0 Å². The van der Waals surface area contributed by atoms with Crippen molar-refractivity contribution < 1.29 is 13.2 Å². The molecule has 0 spiro atoms. The van der Waals surface area contributed by atoms with Gasteiger partial charge in [-0.2, -0.15) is 0 Å². The van der Waals surface area contributed by atoms with E-state index in [-0.39, 0.29) is 24.2 Å². The molecule has 2 unspecified atom stereocenters. The Balaban J connectivity index is 2.21. The maximum atomic E-state index is 13.7. The molecule has 0 radical (unpaired) electrons. The van der Waals surface area contributed by atoms with Crippen LogP contribution in [0.2, 0.25) is 0 Å². The first-order valence-electron chi connectivity index (χ1n) is 6.62. The first kappa shape index (κ1) is 14.3. The Labute approximate surface area is 111 Å². The third kappa shape index (κ3) is 3.09. The van der Waals surface area contributed by atoms with Gasteiger partial charge in [-0.05, 0) is 25.8 Å². The summed E-state index contributed by atoms with van der Waals surface area (Å²) in [4.78, 5) is 2.08. The highest BCUT2D eigenvalue weighted by atomic mass is 19.2. The van der Waals surface area contributed by atoms with Crippen molar-refractivity contribution in [1.29, 1.82) is 0 Å². The summed E-state index contributed by atoms with van der Waals surface area (Å²) < 4.78 is 39.8. The van der Waals surface area contributed by atoms with Gasteiger partial charge < -0.3 is 5.73 Å². The normalized spacial score (nSPS) is 24.7. The lowest BCUT2D eigenvalue weighted by Gasteiger charge is -2.40. The molecule has 0 amide bonds. The molecule has 1 aliphatic rings. The molecule has 2 nitrogen and oxygen atoms in total. The van der Waals surface area contributed by atoms with E-state index >= 15 is 0 Å². The average Bonchev–Trinajstić information content (AvgIpc) is 2.38. The predicted octanol–water partition coefficient (Wildman–Crippen LogP) is 2.81. The second-order valence-corrected chi connectivity index (χ2v) is 5.20. The van der Waals surface area contributed by atoms with Gasteiger partial charge in [0.1, 0.15) is 5.82 Å². The van der Waals surface area contributed by atoms with Crippen molar-refractivity contribution in [3.05, 3.63) is 35.1 Å². The third-order valence-electron chi connectivity index (χ3n) is 3.91. The first-order chi connectivity index (χ1) is 9.02. The number of hydrogen-bond donors (Lipinski definition) is 1. The smallest absolute Gasteiger partial charge is 0.161 e. The largest absolute Gasteiger partial charge is 0.329 e. The van der Waals surface area contributed by atoms with E-state index in [1.807, 2.05) is 0 Å². The molecule has 0 bridgehead atoms. The maximum Gasteiger partial charge on any atom is 0.161 e. The number of hydrogen-bond acceptors (Lipinski definition) is 2. The molecule has 2 N–H and O–H groups in total. The quantitative estimate of drug-likeness (QED) is 0.857. The molecule has 106 valence electrons. The predicted molar refractivity (Wildman–Crippen MR) is 68.0 cm³/mol. The zero-order valence-electron chi connectivity index (χ0n) is 11.0. The van der Waals surface area contributed by atoms with Crippen molar-refractivity contribution in [3.8, 4) is 0 Å². The summed E-state index contributed by atoms with van der Waals surface area (Å²) in [5.74, 6) is -2.86. The summed E-state index contributed by atoms with van der Waals surface area (Å²) in [5, 5.41) is 0. The molecule has 1 saturated heterocycles. The minimum atomic E-state index is -1.15. The minimum Gasteiger partial charge on any atom is -0.329 e. The van der Waals surface area contributed by atoms with E-state index in [1.165, 1.54) is 0 Å². The fraction of sp³-hybridized carbons (Fsp3) is 0.571. The first-order valence-corrected chi connectivity index (χ1v) is 6.62. The third-order valence-corrected chi connectivity index (χ3v) is 3.91. The van der Waals surface area contributed by atoms with E-state index in [0.717, 1.165) is 25.3 Å². The van der Waals surface area contributed by atoms with Gasteiger partial charge in [-0.3, -0.25) is 4.90 Å². The van der Waals surface area contributed by atoms with E-state index < -0.39 is 17.5 Å². The van der Waals surface area contributed by atoms with Crippen molar-refractivity contribution in [1.82, 2.24) is 4.90 Å². The van der Waals surface area contributed by atoms with Crippen LogP contribution in [0.15, 0.2) is 12.1 Å². The lowest BCUT2D eigenvalue weighted by atomic mass is 9.95. The summed E-state index contributed by atoms with van der Waals surface area (Å²) in [6.45, 7) is 2.82. The molecule has 2 rings (SSSR count). The minimum absolute atomic E-state index is 0.177. The Kier molecular flexibility index (Phi) is 4.47. The lowest BCUT2D eigenvalue weighted by molar-refractivity contribution is 0.0878. The number of halogens is 3. The summed E-state index contributed by atoms with van der Waals surface area (Å²) in [6.07, 6.45) is 3.08. The fourth-order valence-corrected chi connectivity index (χ4v) is 2.76. The van der Waals surface area contributed by atoms with Gasteiger partial charge in [0.15, 0.2) is 11.6 Å². The SMILES string of the molecule is CC1CCCC(CN)N1Cc1cc(F)c(F)cc1F. The molecule has 19 heavy (non-hydrogen) atoms. The van der Waals surface area contributed by atoms with Gasteiger partial charge in [0, 0.05) is 36.8 Å². The molecule has 1 heterocycles.